The number of aromatic nitrogens is 4. The van der Waals surface area contributed by atoms with Crippen molar-refractivity contribution in [1.82, 2.24) is 20.2 Å². The zero-order valence-electron chi connectivity index (χ0n) is 7.61. The van der Waals surface area contributed by atoms with Crippen molar-refractivity contribution in [2.24, 2.45) is 0 Å². The molecule has 7 heteroatoms. The van der Waals surface area contributed by atoms with E-state index in [0.29, 0.717) is 21.5 Å². The average molecular weight is 244 g/mol. The van der Waals surface area contributed by atoms with Crippen molar-refractivity contribution in [3.63, 3.8) is 0 Å². The summed E-state index contributed by atoms with van der Waals surface area (Å²) in [4.78, 5) is 0. The number of hydrogen-bond donors (Lipinski definition) is 0. The number of halogens is 2. The van der Waals surface area contributed by atoms with Crippen molar-refractivity contribution < 1.29 is 4.74 Å². The molecule has 0 amide bonds. The van der Waals surface area contributed by atoms with Gasteiger partial charge in [-0.1, -0.05) is 23.2 Å². The van der Waals surface area contributed by atoms with Crippen molar-refractivity contribution in [1.29, 1.82) is 0 Å². The number of nitrogens with zero attached hydrogens (tertiary/aromatic N) is 4. The molecule has 0 spiro atoms. The predicted molar refractivity (Wildman–Crippen MR) is 54.6 cm³/mol. The van der Waals surface area contributed by atoms with Crippen LogP contribution in [0.3, 0.4) is 0 Å². The highest BCUT2D eigenvalue weighted by atomic mass is 35.5. The van der Waals surface area contributed by atoms with E-state index in [0.717, 1.165) is 0 Å². The molecular weight excluding hydrogens is 239 g/mol. The molecule has 1 heterocycles. The van der Waals surface area contributed by atoms with Crippen LogP contribution in [0.5, 0.6) is 5.75 Å². The van der Waals surface area contributed by atoms with Gasteiger partial charge >= 0.3 is 0 Å². The van der Waals surface area contributed by atoms with Crippen LogP contribution in [0.15, 0.2) is 12.1 Å². The third-order valence-corrected chi connectivity index (χ3v) is 2.36. The van der Waals surface area contributed by atoms with E-state index in [1.54, 1.807) is 12.1 Å². The van der Waals surface area contributed by atoms with Gasteiger partial charge in [0.05, 0.1) is 22.8 Å². The molecule has 1 aromatic heterocycles. The minimum Gasteiger partial charge on any atom is -0.495 e. The van der Waals surface area contributed by atoms with Gasteiger partial charge in [-0.3, -0.25) is 0 Å². The Labute approximate surface area is 95.6 Å². The van der Waals surface area contributed by atoms with Crippen molar-refractivity contribution in [2.75, 3.05) is 7.11 Å². The summed E-state index contributed by atoms with van der Waals surface area (Å²) < 4.78 is 6.36. The smallest absolute Gasteiger partial charge is 0.226 e. The molecule has 0 fully saturated rings. The van der Waals surface area contributed by atoms with Gasteiger partial charge < -0.3 is 4.74 Å². The second kappa shape index (κ2) is 4.04. The first kappa shape index (κ1) is 10.2. The molecule has 0 unspecified atom stereocenters. The predicted octanol–water partition coefficient (Wildman–Crippen LogP) is 1.78. The molecule has 0 bridgehead atoms. The molecule has 15 heavy (non-hydrogen) atoms. The van der Waals surface area contributed by atoms with Gasteiger partial charge in [-0.15, -0.1) is 5.10 Å². The van der Waals surface area contributed by atoms with Gasteiger partial charge in [0.15, 0.2) is 0 Å². The van der Waals surface area contributed by atoms with E-state index < -0.39 is 0 Å². The molecule has 0 aliphatic heterocycles. The summed E-state index contributed by atoms with van der Waals surface area (Å²) in [5.41, 5.74) is 0.558. The highest BCUT2D eigenvalue weighted by molar-refractivity contribution is 6.36. The lowest BCUT2D eigenvalue weighted by molar-refractivity contribution is 0.414. The molecule has 2 aromatic rings. The van der Waals surface area contributed by atoms with Crippen LogP contribution in [0.25, 0.3) is 5.69 Å². The highest BCUT2D eigenvalue weighted by Crippen LogP contribution is 2.32. The third kappa shape index (κ3) is 1.88. The number of ether oxygens (including phenoxy) is 1. The molecule has 0 aliphatic carbocycles. The van der Waals surface area contributed by atoms with E-state index >= 15 is 0 Å². The largest absolute Gasteiger partial charge is 0.495 e. The van der Waals surface area contributed by atoms with Gasteiger partial charge in [-0.25, -0.2) is 0 Å². The first-order valence-electron chi connectivity index (χ1n) is 3.92. The fourth-order valence-corrected chi connectivity index (χ4v) is 1.62. The molecule has 77 valence electrons. The Bertz CT molecular complexity index is 472. The number of hydrogen-bond acceptors (Lipinski definition) is 4. The molecule has 0 saturated heterocycles. The monoisotopic (exact) mass is 243 g/mol. The Morgan fingerprint density at radius 2 is 2.13 bits per heavy atom. The average Bonchev–Trinajstić information content (AvgIpc) is 2.71. The van der Waals surface area contributed by atoms with Crippen LogP contribution >= 0.6 is 23.2 Å². The van der Waals surface area contributed by atoms with Crippen LogP contribution in [0.1, 0.15) is 0 Å². The maximum Gasteiger partial charge on any atom is 0.226 e. The van der Waals surface area contributed by atoms with Crippen LogP contribution in [0.2, 0.25) is 10.0 Å². The summed E-state index contributed by atoms with van der Waals surface area (Å²) >= 11 is 11.9. The van der Waals surface area contributed by atoms with Crippen LogP contribution in [0.4, 0.5) is 0 Å². The maximum absolute atomic E-state index is 5.97. The van der Waals surface area contributed by atoms with Crippen LogP contribution in [-0.2, 0) is 0 Å². The van der Waals surface area contributed by atoms with Gasteiger partial charge in [0.25, 0.3) is 0 Å². The van der Waals surface area contributed by atoms with Crippen LogP contribution in [-0.4, -0.2) is 27.3 Å². The molecule has 1 aromatic carbocycles. The lowest BCUT2D eigenvalue weighted by Crippen LogP contribution is -1.98. The van der Waals surface area contributed by atoms with Crippen molar-refractivity contribution >= 4 is 23.2 Å². The topological polar surface area (TPSA) is 52.8 Å². The van der Waals surface area contributed by atoms with Crippen LogP contribution in [0, 0.1) is 6.33 Å². The number of rotatable bonds is 2. The fourth-order valence-electron chi connectivity index (χ4n) is 1.08. The van der Waals surface area contributed by atoms with Gasteiger partial charge in [-0.05, 0) is 16.5 Å². The van der Waals surface area contributed by atoms with E-state index in [-0.39, 0.29) is 0 Å². The van der Waals surface area contributed by atoms with Crippen molar-refractivity contribution in [3.05, 3.63) is 28.5 Å². The summed E-state index contributed by atoms with van der Waals surface area (Å²) in [7, 11) is 1.52. The fraction of sp³-hybridized carbons (Fsp3) is 0.125. The third-order valence-electron chi connectivity index (χ3n) is 1.76. The molecule has 1 radical (unpaired) electrons. The second-order valence-electron chi connectivity index (χ2n) is 2.63. The molecule has 0 saturated carbocycles. The summed E-state index contributed by atoms with van der Waals surface area (Å²) in [6.45, 7) is 0. The second-order valence-corrected chi connectivity index (χ2v) is 3.44. The molecule has 5 nitrogen and oxygen atoms in total. The van der Waals surface area contributed by atoms with Crippen LogP contribution < -0.4 is 4.74 Å². The molecule has 0 atom stereocenters. The van der Waals surface area contributed by atoms with E-state index in [4.69, 9.17) is 27.9 Å². The first-order chi connectivity index (χ1) is 7.22. The Kier molecular flexibility index (Phi) is 2.75. The quantitative estimate of drug-likeness (QED) is 0.807. The zero-order chi connectivity index (χ0) is 10.8. The van der Waals surface area contributed by atoms with Crippen molar-refractivity contribution in [2.45, 2.75) is 0 Å². The zero-order valence-corrected chi connectivity index (χ0v) is 9.12. The van der Waals surface area contributed by atoms with Gasteiger partial charge in [0.1, 0.15) is 5.75 Å². The van der Waals surface area contributed by atoms with Gasteiger partial charge in [-0.2, -0.15) is 4.68 Å². The lowest BCUT2D eigenvalue weighted by Gasteiger charge is -2.07. The first-order valence-corrected chi connectivity index (χ1v) is 4.67. The van der Waals surface area contributed by atoms with Gasteiger partial charge in [0, 0.05) is 6.07 Å². The molecule has 2 rings (SSSR count). The summed E-state index contributed by atoms with van der Waals surface area (Å²) in [6, 6.07) is 3.20. The van der Waals surface area contributed by atoms with E-state index in [9.17, 15) is 0 Å². The number of methoxy groups -OCH3 is 1. The van der Waals surface area contributed by atoms with E-state index in [2.05, 4.69) is 21.9 Å². The van der Waals surface area contributed by atoms with E-state index in [1.807, 2.05) is 0 Å². The summed E-state index contributed by atoms with van der Waals surface area (Å²) in [5, 5.41) is 11.4. The van der Waals surface area contributed by atoms with Gasteiger partial charge in [0.2, 0.25) is 6.33 Å². The minimum absolute atomic E-state index is 0.421. The molecule has 0 N–H and O–H groups in total. The lowest BCUT2D eigenvalue weighted by atomic mass is 10.3. The summed E-state index contributed by atoms with van der Waals surface area (Å²) in [5.74, 6) is 0.500. The Morgan fingerprint density at radius 3 is 2.73 bits per heavy atom. The maximum atomic E-state index is 5.97. The van der Waals surface area contributed by atoms with E-state index in [1.165, 1.54) is 11.8 Å². The standard InChI is InChI=1S/C8H5Cl2N4O/c1-15-8-3-7(5(9)2-6(8)10)14-4-11-12-13-14/h2-3H,1H3. The SMILES string of the molecule is COc1cc(-n2[c]nnn2)c(Cl)cc1Cl. The normalized spacial score (nSPS) is 10.3. The molecule has 0 aliphatic rings. The Morgan fingerprint density at radius 1 is 1.33 bits per heavy atom. The Hall–Kier alpha value is -1.33. The Balaban J connectivity index is 2.57. The number of tetrazole rings is 1. The van der Waals surface area contributed by atoms with Crippen molar-refractivity contribution in [3.8, 4) is 11.4 Å². The highest BCUT2D eigenvalue weighted by Gasteiger charge is 2.10. The minimum atomic E-state index is 0.421. The summed E-state index contributed by atoms with van der Waals surface area (Å²) in [6.07, 6.45) is 2.53. The molecular formula is C8H5Cl2N4O. The number of benzene rings is 1.